The first-order valence-corrected chi connectivity index (χ1v) is 14.6. The number of nitriles is 1. The number of thiazole rings is 1. The van der Waals surface area contributed by atoms with Gasteiger partial charge in [0.2, 0.25) is 0 Å². The van der Waals surface area contributed by atoms with Crippen molar-refractivity contribution in [2.24, 2.45) is 4.99 Å². The maximum Gasteiger partial charge on any atom is 0.338 e. The molecule has 1 aliphatic heterocycles. The van der Waals surface area contributed by atoms with E-state index < -0.39 is 12.0 Å². The Kier molecular flexibility index (Phi) is 8.51. The number of nitrogens with zero attached hydrogens (tertiary/aromatic N) is 3. The number of allylic oxidation sites excluding steroid dienone is 1. The first-order chi connectivity index (χ1) is 20.3. The number of carbonyl (C=O) groups is 1. The van der Waals surface area contributed by atoms with Crippen molar-refractivity contribution in [3.8, 4) is 11.8 Å². The van der Waals surface area contributed by atoms with E-state index >= 15 is 0 Å². The van der Waals surface area contributed by atoms with Gasteiger partial charge in [-0.25, -0.2) is 9.79 Å². The predicted octanol–water partition coefficient (Wildman–Crippen LogP) is 5.37. The Balaban J connectivity index is 1.49. The molecular formula is C34H31N3O4S. The Bertz CT molecular complexity index is 1880. The lowest BCUT2D eigenvalue weighted by atomic mass is 9.93. The van der Waals surface area contributed by atoms with E-state index in [4.69, 9.17) is 9.47 Å². The molecule has 0 amide bonds. The van der Waals surface area contributed by atoms with Crippen molar-refractivity contribution < 1.29 is 14.3 Å². The van der Waals surface area contributed by atoms with Gasteiger partial charge in [-0.15, -0.1) is 0 Å². The van der Waals surface area contributed by atoms with Gasteiger partial charge in [0.25, 0.3) is 5.56 Å². The predicted molar refractivity (Wildman–Crippen MR) is 163 cm³/mol. The van der Waals surface area contributed by atoms with Crippen molar-refractivity contribution in [1.82, 2.24) is 4.57 Å². The Morgan fingerprint density at radius 1 is 1.10 bits per heavy atom. The fourth-order valence-electron chi connectivity index (χ4n) is 4.90. The van der Waals surface area contributed by atoms with Crippen LogP contribution in [-0.4, -0.2) is 17.1 Å². The van der Waals surface area contributed by atoms with E-state index in [1.54, 1.807) is 24.5 Å². The van der Waals surface area contributed by atoms with Gasteiger partial charge in [0.15, 0.2) is 4.80 Å². The average molecular weight is 578 g/mol. The van der Waals surface area contributed by atoms with Gasteiger partial charge in [0.05, 0.1) is 40.1 Å². The number of aromatic nitrogens is 1. The van der Waals surface area contributed by atoms with Crippen LogP contribution in [0.25, 0.3) is 6.08 Å². The van der Waals surface area contributed by atoms with Crippen LogP contribution >= 0.6 is 11.3 Å². The second-order valence-corrected chi connectivity index (χ2v) is 11.3. The van der Waals surface area contributed by atoms with Crippen molar-refractivity contribution in [2.75, 3.05) is 6.61 Å². The van der Waals surface area contributed by atoms with E-state index in [2.05, 4.69) is 24.9 Å². The standard InChI is InChI=1S/C34H31N3O4S/c1-5-40-33(39)30-22(4)36-34-37(31(30)25-14-12-24(13-15-25)21(2)3)32(38)29(42-34)18-23-10-16-28(17-11-23)41-20-27-9-7-6-8-26(27)19-35/h6-18,21,31H,5,20H2,1-4H3/b29-18+/t31-/m1/s1. The summed E-state index contributed by atoms with van der Waals surface area (Å²) in [6, 6.07) is 24.3. The molecular weight excluding hydrogens is 546 g/mol. The molecule has 1 atom stereocenters. The Hall–Kier alpha value is -4.74. The zero-order valence-corrected chi connectivity index (χ0v) is 24.8. The van der Waals surface area contributed by atoms with Crippen LogP contribution < -0.4 is 19.6 Å². The number of fused-ring (bicyclic) bond motifs is 1. The number of rotatable bonds is 8. The average Bonchev–Trinajstić information content (AvgIpc) is 3.30. The van der Waals surface area contributed by atoms with Gasteiger partial charge >= 0.3 is 5.97 Å². The molecule has 8 heteroatoms. The minimum Gasteiger partial charge on any atom is -0.489 e. The van der Waals surface area contributed by atoms with Crippen LogP contribution in [-0.2, 0) is 16.1 Å². The van der Waals surface area contributed by atoms with Crippen LogP contribution in [0.5, 0.6) is 5.75 Å². The summed E-state index contributed by atoms with van der Waals surface area (Å²) in [7, 11) is 0. The van der Waals surface area contributed by atoms with E-state index in [1.165, 1.54) is 16.9 Å². The highest BCUT2D eigenvalue weighted by Gasteiger charge is 2.33. The van der Waals surface area contributed by atoms with Crippen LogP contribution in [0.4, 0.5) is 0 Å². The summed E-state index contributed by atoms with van der Waals surface area (Å²) >= 11 is 1.29. The van der Waals surface area contributed by atoms with E-state index in [-0.39, 0.29) is 18.8 Å². The summed E-state index contributed by atoms with van der Waals surface area (Å²) in [6.45, 7) is 8.30. The smallest absolute Gasteiger partial charge is 0.338 e. The molecule has 2 heterocycles. The molecule has 0 saturated carbocycles. The van der Waals surface area contributed by atoms with Gasteiger partial charge in [0, 0.05) is 5.56 Å². The maximum absolute atomic E-state index is 13.9. The van der Waals surface area contributed by atoms with Crippen LogP contribution in [0.1, 0.15) is 67.5 Å². The highest BCUT2D eigenvalue weighted by atomic mass is 32.1. The molecule has 7 nitrogen and oxygen atoms in total. The second-order valence-electron chi connectivity index (χ2n) is 10.3. The quantitative estimate of drug-likeness (QED) is 0.263. The highest BCUT2D eigenvalue weighted by molar-refractivity contribution is 7.07. The van der Waals surface area contributed by atoms with Crippen LogP contribution in [0.3, 0.4) is 0 Å². The summed E-state index contributed by atoms with van der Waals surface area (Å²) in [5, 5.41) is 9.30. The van der Waals surface area contributed by atoms with Crippen molar-refractivity contribution >= 4 is 23.4 Å². The Labute approximate surface area is 248 Å². The van der Waals surface area contributed by atoms with Crippen LogP contribution in [0, 0.1) is 11.3 Å². The van der Waals surface area contributed by atoms with Gasteiger partial charge in [-0.1, -0.05) is 79.8 Å². The Morgan fingerprint density at radius 2 is 1.81 bits per heavy atom. The summed E-state index contributed by atoms with van der Waals surface area (Å²) in [4.78, 5) is 32.2. The van der Waals surface area contributed by atoms with E-state index in [0.717, 1.165) is 16.7 Å². The first-order valence-electron chi connectivity index (χ1n) is 13.8. The second kappa shape index (κ2) is 12.4. The molecule has 1 aromatic heterocycles. The third-order valence-corrected chi connectivity index (χ3v) is 8.13. The summed E-state index contributed by atoms with van der Waals surface area (Å²) in [6.07, 6.45) is 1.82. The lowest BCUT2D eigenvalue weighted by molar-refractivity contribution is -0.139. The number of ether oxygens (including phenoxy) is 2. The van der Waals surface area contributed by atoms with Gasteiger partial charge < -0.3 is 9.47 Å². The molecule has 0 N–H and O–H groups in total. The van der Waals surface area contributed by atoms with Crippen molar-refractivity contribution in [1.29, 1.82) is 5.26 Å². The monoisotopic (exact) mass is 577 g/mol. The summed E-state index contributed by atoms with van der Waals surface area (Å²) < 4.78 is 13.4. The number of esters is 1. The number of hydrogen-bond acceptors (Lipinski definition) is 7. The fourth-order valence-corrected chi connectivity index (χ4v) is 5.94. The van der Waals surface area contributed by atoms with Crippen LogP contribution in [0.15, 0.2) is 93.9 Å². The molecule has 0 saturated heterocycles. The molecule has 0 unspecified atom stereocenters. The largest absolute Gasteiger partial charge is 0.489 e. The lowest BCUT2D eigenvalue weighted by Crippen LogP contribution is -2.39. The molecule has 0 radical (unpaired) electrons. The molecule has 3 aromatic carbocycles. The molecule has 0 aliphatic carbocycles. The number of hydrogen-bond donors (Lipinski definition) is 0. The van der Waals surface area contributed by atoms with Crippen molar-refractivity contribution in [2.45, 2.75) is 46.3 Å². The molecule has 0 spiro atoms. The maximum atomic E-state index is 13.9. The lowest BCUT2D eigenvalue weighted by Gasteiger charge is -2.25. The molecule has 4 aromatic rings. The molecule has 0 bridgehead atoms. The summed E-state index contributed by atoms with van der Waals surface area (Å²) in [5.74, 6) is 0.535. The fraction of sp³-hybridized carbons (Fsp3) is 0.235. The molecule has 0 fully saturated rings. The number of benzene rings is 3. The zero-order chi connectivity index (χ0) is 29.8. The molecule has 5 rings (SSSR count). The zero-order valence-electron chi connectivity index (χ0n) is 24.0. The van der Waals surface area contributed by atoms with Gasteiger partial charge in [-0.05, 0) is 60.7 Å². The topological polar surface area (TPSA) is 93.7 Å². The van der Waals surface area contributed by atoms with Crippen LogP contribution in [0.2, 0.25) is 0 Å². The minimum absolute atomic E-state index is 0.223. The minimum atomic E-state index is -0.643. The molecule has 212 valence electrons. The van der Waals surface area contributed by atoms with Gasteiger partial charge in [-0.2, -0.15) is 5.26 Å². The highest BCUT2D eigenvalue weighted by Crippen LogP contribution is 2.31. The Morgan fingerprint density at radius 3 is 2.48 bits per heavy atom. The SMILES string of the molecule is CCOC(=O)C1=C(C)N=c2s/c(=C/c3ccc(OCc4ccccc4C#N)cc3)c(=O)n2[C@@H]1c1ccc(C(C)C)cc1. The first kappa shape index (κ1) is 28.8. The summed E-state index contributed by atoms with van der Waals surface area (Å²) in [5.41, 5.74) is 4.90. The third kappa shape index (κ3) is 5.83. The normalized spacial score (nSPS) is 14.8. The van der Waals surface area contributed by atoms with Crippen molar-refractivity contribution in [3.05, 3.63) is 132 Å². The molecule has 1 aliphatic rings. The van der Waals surface area contributed by atoms with E-state index in [9.17, 15) is 14.9 Å². The van der Waals surface area contributed by atoms with E-state index in [1.807, 2.05) is 72.8 Å². The molecule has 42 heavy (non-hydrogen) atoms. The van der Waals surface area contributed by atoms with Gasteiger partial charge in [-0.3, -0.25) is 9.36 Å². The third-order valence-electron chi connectivity index (χ3n) is 7.15. The van der Waals surface area contributed by atoms with Crippen molar-refractivity contribution in [3.63, 3.8) is 0 Å². The van der Waals surface area contributed by atoms with Gasteiger partial charge in [0.1, 0.15) is 12.4 Å². The number of carbonyl (C=O) groups excluding carboxylic acids is 1. The van der Waals surface area contributed by atoms with E-state index in [0.29, 0.717) is 37.8 Å².